The third-order valence-electron chi connectivity index (χ3n) is 7.57. The Hall–Kier alpha value is -4.78. The van der Waals surface area contributed by atoms with Crippen LogP contribution in [0.2, 0.25) is 0 Å². The van der Waals surface area contributed by atoms with E-state index in [0.29, 0.717) is 16.7 Å². The number of alkyl halides is 3. The summed E-state index contributed by atoms with van der Waals surface area (Å²) in [6.45, 7) is 8.31. The lowest BCUT2D eigenvalue weighted by atomic mass is 9.99. The molecule has 0 spiro atoms. The van der Waals surface area contributed by atoms with Crippen molar-refractivity contribution < 1.29 is 27.4 Å². The summed E-state index contributed by atoms with van der Waals surface area (Å²) in [5, 5.41) is 7.90. The van der Waals surface area contributed by atoms with E-state index in [0.717, 1.165) is 45.9 Å². The molecule has 246 valence electrons. The molecule has 0 aliphatic carbocycles. The Morgan fingerprint density at radius 1 is 1.09 bits per heavy atom. The molecule has 1 saturated heterocycles. The minimum atomic E-state index is -4.76. The predicted octanol–water partition coefficient (Wildman–Crippen LogP) is 8.42. The highest BCUT2D eigenvalue weighted by atomic mass is 32.2. The number of rotatable bonds is 8. The van der Waals surface area contributed by atoms with Gasteiger partial charge >= 0.3 is 12.4 Å². The van der Waals surface area contributed by atoms with Crippen molar-refractivity contribution in [3.05, 3.63) is 90.4 Å². The summed E-state index contributed by atoms with van der Waals surface area (Å²) in [4.78, 5) is 24.0. The Labute approximate surface area is 275 Å². The van der Waals surface area contributed by atoms with E-state index in [2.05, 4.69) is 56.9 Å². The molecule has 47 heavy (non-hydrogen) atoms. The number of hydrogen-bond donors (Lipinski definition) is 1. The van der Waals surface area contributed by atoms with Gasteiger partial charge in [-0.1, -0.05) is 55.9 Å². The number of allylic oxidation sites excluding steroid dienone is 1. The second-order valence-corrected chi connectivity index (χ2v) is 12.3. The Balaban J connectivity index is 1.26. The fraction of sp³-hybridized carbons (Fsp3) is 0.294. The number of urea groups is 1. The van der Waals surface area contributed by atoms with E-state index in [1.807, 2.05) is 43.3 Å². The highest BCUT2D eigenvalue weighted by molar-refractivity contribution is 8.14. The predicted molar refractivity (Wildman–Crippen MR) is 179 cm³/mol. The zero-order chi connectivity index (χ0) is 33.7. The van der Waals surface area contributed by atoms with Crippen molar-refractivity contribution >= 4 is 34.2 Å². The molecule has 1 fully saturated rings. The molecule has 5 rings (SSSR count). The van der Waals surface area contributed by atoms with Gasteiger partial charge in [-0.05, 0) is 73.2 Å². The van der Waals surface area contributed by atoms with Crippen molar-refractivity contribution in [2.75, 3.05) is 17.8 Å². The summed E-state index contributed by atoms with van der Waals surface area (Å²) in [7, 11) is 1.64. The number of thioether (sulfide) groups is 1. The maximum Gasteiger partial charge on any atom is 0.573 e. The van der Waals surface area contributed by atoms with Crippen LogP contribution in [0.5, 0.6) is 11.5 Å². The molecular formula is C34H35F3N6O3S. The van der Waals surface area contributed by atoms with Crippen LogP contribution >= 0.6 is 11.8 Å². The normalized spacial score (nSPS) is 16.4. The molecule has 13 heteroatoms. The monoisotopic (exact) mass is 664 g/mol. The number of carbonyl (C=O) groups excluding carboxylic acids is 1. The lowest BCUT2D eigenvalue weighted by Crippen LogP contribution is -2.42. The van der Waals surface area contributed by atoms with Gasteiger partial charge in [-0.2, -0.15) is 4.99 Å². The van der Waals surface area contributed by atoms with Crippen LogP contribution in [0.1, 0.15) is 51.2 Å². The molecule has 1 aromatic heterocycles. The lowest BCUT2D eigenvalue weighted by molar-refractivity contribution is -0.274. The molecule has 3 aromatic carbocycles. The summed E-state index contributed by atoms with van der Waals surface area (Å²) in [6, 6.07) is 18.6. The molecule has 1 aliphatic heterocycles. The van der Waals surface area contributed by atoms with Crippen LogP contribution in [-0.2, 0) is 0 Å². The Morgan fingerprint density at radius 2 is 1.79 bits per heavy atom. The second-order valence-electron chi connectivity index (χ2n) is 11.2. The van der Waals surface area contributed by atoms with E-state index in [-0.39, 0.29) is 17.7 Å². The van der Waals surface area contributed by atoms with Gasteiger partial charge in [0.1, 0.15) is 17.8 Å². The molecule has 0 radical (unpaired) electrons. The second kappa shape index (κ2) is 14.3. The number of ether oxygens (including phenoxy) is 2. The smallest absolute Gasteiger partial charge is 0.497 e. The minimum absolute atomic E-state index is 0.155. The van der Waals surface area contributed by atoms with Crippen LogP contribution in [0.15, 0.2) is 84.2 Å². The van der Waals surface area contributed by atoms with Crippen molar-refractivity contribution in [3.63, 3.8) is 0 Å². The summed E-state index contributed by atoms with van der Waals surface area (Å²) < 4.78 is 48.2. The first kappa shape index (κ1) is 33.6. The van der Waals surface area contributed by atoms with Gasteiger partial charge in [-0.15, -0.1) is 18.3 Å². The highest BCUT2D eigenvalue weighted by Gasteiger charge is 2.31. The first-order chi connectivity index (χ1) is 22.4. The van der Waals surface area contributed by atoms with Crippen LogP contribution < -0.4 is 19.7 Å². The Morgan fingerprint density at radius 3 is 2.45 bits per heavy atom. The van der Waals surface area contributed by atoms with Gasteiger partial charge in [-0.3, -0.25) is 0 Å². The minimum Gasteiger partial charge on any atom is -0.497 e. The molecule has 2 amide bonds. The SMILES string of the molecule is COc1ccc(C(C)C)c(N2/C(=N/C(=O)N/C=C(\C)c3ccc(-c4ncn(-c5ccc(OC(F)(F)F)cc5)n4)cc3)SCCC2C)c1. The number of nitrogens with one attached hydrogen (secondary N) is 1. The van der Waals surface area contributed by atoms with Gasteiger partial charge in [0.2, 0.25) is 0 Å². The van der Waals surface area contributed by atoms with Gasteiger partial charge in [0.25, 0.3) is 0 Å². The summed E-state index contributed by atoms with van der Waals surface area (Å²) in [5.74, 6) is 2.01. The first-order valence-electron chi connectivity index (χ1n) is 15.0. The molecule has 0 saturated carbocycles. The van der Waals surface area contributed by atoms with E-state index in [4.69, 9.17) is 4.74 Å². The number of aromatic nitrogens is 3. The quantitative estimate of drug-likeness (QED) is 0.202. The lowest BCUT2D eigenvalue weighted by Gasteiger charge is -2.37. The van der Waals surface area contributed by atoms with E-state index < -0.39 is 12.4 Å². The number of halogens is 3. The van der Waals surface area contributed by atoms with Crippen LogP contribution in [0.3, 0.4) is 0 Å². The number of aliphatic imine (C=N–C) groups is 1. The average Bonchev–Trinajstić information content (AvgIpc) is 3.53. The van der Waals surface area contributed by atoms with Crippen LogP contribution in [0, 0.1) is 0 Å². The number of hydrogen-bond acceptors (Lipinski definition) is 6. The number of anilines is 1. The number of benzene rings is 3. The number of carbonyl (C=O) groups is 1. The van der Waals surface area contributed by atoms with Crippen LogP contribution in [0.4, 0.5) is 23.7 Å². The largest absolute Gasteiger partial charge is 0.573 e. The summed E-state index contributed by atoms with van der Waals surface area (Å²) in [6.07, 6.45) is -0.687. The van der Waals surface area contributed by atoms with Crippen molar-refractivity contribution in [2.45, 2.75) is 52.4 Å². The number of amides is 2. The van der Waals surface area contributed by atoms with E-state index >= 15 is 0 Å². The number of nitrogens with zero attached hydrogens (tertiary/aromatic N) is 5. The zero-order valence-electron chi connectivity index (χ0n) is 26.6. The third-order valence-corrected chi connectivity index (χ3v) is 8.55. The van der Waals surface area contributed by atoms with Gasteiger partial charge in [0.15, 0.2) is 11.0 Å². The topological polar surface area (TPSA) is 93.9 Å². The standard InChI is InChI=1S/C34H35F3N6O3S/c1-21(2)29-15-14-28(45-5)18-30(29)43-23(4)16-17-47-33(43)40-32(44)38-19-22(3)24-6-8-25(9-7-24)31-39-20-42(41-31)26-10-12-27(13-11-26)46-34(35,36)37/h6-15,18-21,23H,16-17H2,1-5H3,(H,38,44)/b22-19+,40-33-. The Bertz CT molecular complexity index is 1770. The van der Waals surface area contributed by atoms with Crippen LogP contribution in [-0.4, -0.2) is 51.2 Å². The van der Waals surface area contributed by atoms with E-state index in [1.165, 1.54) is 35.3 Å². The van der Waals surface area contributed by atoms with Crippen LogP contribution in [0.25, 0.3) is 22.6 Å². The number of methoxy groups -OCH3 is 1. The van der Waals surface area contributed by atoms with Crippen molar-refractivity contribution in [3.8, 4) is 28.6 Å². The maximum absolute atomic E-state index is 13.0. The van der Waals surface area contributed by atoms with Crippen molar-refractivity contribution in [1.82, 2.24) is 20.1 Å². The average molecular weight is 665 g/mol. The summed E-state index contributed by atoms with van der Waals surface area (Å²) in [5.41, 5.74) is 5.12. The molecule has 1 unspecified atom stereocenters. The molecule has 1 N–H and O–H groups in total. The van der Waals surface area contributed by atoms with Gasteiger partial charge in [0, 0.05) is 29.6 Å². The zero-order valence-corrected chi connectivity index (χ0v) is 27.4. The molecular weight excluding hydrogens is 629 g/mol. The molecule has 1 atom stereocenters. The fourth-order valence-electron chi connectivity index (χ4n) is 5.06. The Kier molecular flexibility index (Phi) is 10.2. The molecule has 2 heterocycles. The maximum atomic E-state index is 13.0. The highest BCUT2D eigenvalue weighted by Crippen LogP contribution is 2.37. The molecule has 0 bridgehead atoms. The molecule has 9 nitrogen and oxygen atoms in total. The van der Waals surface area contributed by atoms with E-state index in [9.17, 15) is 18.0 Å². The van der Waals surface area contributed by atoms with Crippen molar-refractivity contribution in [1.29, 1.82) is 0 Å². The van der Waals surface area contributed by atoms with Gasteiger partial charge in [-0.25, -0.2) is 14.5 Å². The van der Waals surface area contributed by atoms with Gasteiger partial charge in [0.05, 0.1) is 18.5 Å². The number of amidine groups is 1. The molecule has 1 aliphatic rings. The van der Waals surface area contributed by atoms with Crippen molar-refractivity contribution in [2.24, 2.45) is 4.99 Å². The van der Waals surface area contributed by atoms with Gasteiger partial charge < -0.3 is 19.7 Å². The first-order valence-corrected chi connectivity index (χ1v) is 15.9. The summed E-state index contributed by atoms with van der Waals surface area (Å²) >= 11 is 1.56. The van der Waals surface area contributed by atoms with E-state index in [1.54, 1.807) is 25.1 Å². The molecule has 4 aromatic rings. The fourth-order valence-corrected chi connectivity index (χ4v) is 6.26. The third kappa shape index (κ3) is 8.33.